The second kappa shape index (κ2) is 5.43. The molecule has 0 saturated carbocycles. The first-order chi connectivity index (χ1) is 8.17. The Hall–Kier alpha value is -0.200. The molecule has 108 valence electrons. The topological polar surface area (TPSA) is 62.2 Å². The molecule has 0 aliphatic carbocycles. The van der Waals surface area contributed by atoms with E-state index in [0.717, 1.165) is 0 Å². The van der Waals surface area contributed by atoms with Gasteiger partial charge in [0.15, 0.2) is 5.79 Å². The van der Waals surface area contributed by atoms with Crippen molar-refractivity contribution in [1.29, 1.82) is 0 Å². The fraction of sp³-hybridized carbons (Fsp3) is 1.00. The molecule has 1 saturated heterocycles. The van der Waals surface area contributed by atoms with Gasteiger partial charge in [-0.05, 0) is 34.1 Å². The van der Waals surface area contributed by atoms with E-state index >= 15 is 0 Å². The summed E-state index contributed by atoms with van der Waals surface area (Å²) in [6, 6.07) is 0. The van der Waals surface area contributed by atoms with Gasteiger partial charge in [0.25, 0.3) is 0 Å². The zero-order valence-electron chi connectivity index (χ0n) is 12.2. The van der Waals surface area contributed by atoms with Gasteiger partial charge in [-0.3, -0.25) is 0 Å². The third kappa shape index (κ3) is 3.42. The number of nitrogens with zero attached hydrogens (tertiary/aromatic N) is 1. The highest BCUT2D eigenvalue weighted by Crippen LogP contribution is 2.43. The minimum Gasteiger partial charge on any atom is -0.396 e. The minimum atomic E-state index is -1.16. The monoisotopic (exact) mass is 261 g/mol. The third-order valence-electron chi connectivity index (χ3n) is 3.37. The van der Waals surface area contributed by atoms with Crippen LogP contribution in [0, 0.1) is 0 Å². The number of rotatable bonds is 5. The molecule has 1 aliphatic rings. The molecule has 1 aliphatic heterocycles. The van der Waals surface area contributed by atoms with Gasteiger partial charge >= 0.3 is 0 Å². The van der Waals surface area contributed by atoms with Gasteiger partial charge < -0.3 is 19.8 Å². The second-order valence-electron chi connectivity index (χ2n) is 6.33. The van der Waals surface area contributed by atoms with E-state index in [1.807, 2.05) is 32.8 Å². The summed E-state index contributed by atoms with van der Waals surface area (Å²) in [6.07, 6.45) is 1.49. The van der Waals surface area contributed by atoms with Crippen molar-refractivity contribution in [2.75, 3.05) is 20.3 Å². The summed E-state index contributed by atoms with van der Waals surface area (Å²) in [5, 5.41) is 21.3. The molecule has 0 aromatic carbocycles. The molecule has 0 atom stereocenters. The lowest BCUT2D eigenvalue weighted by Gasteiger charge is -2.55. The molecule has 18 heavy (non-hydrogen) atoms. The summed E-state index contributed by atoms with van der Waals surface area (Å²) in [7, 11) is 1.65. The van der Waals surface area contributed by atoms with E-state index < -0.39 is 5.79 Å². The van der Waals surface area contributed by atoms with E-state index in [2.05, 4.69) is 0 Å². The molecule has 5 nitrogen and oxygen atoms in total. The fourth-order valence-corrected chi connectivity index (χ4v) is 3.30. The van der Waals surface area contributed by atoms with Gasteiger partial charge in [0, 0.05) is 30.5 Å². The molecule has 0 spiro atoms. The van der Waals surface area contributed by atoms with Crippen LogP contribution >= 0.6 is 0 Å². The maximum atomic E-state index is 10.6. The van der Waals surface area contributed by atoms with Crippen molar-refractivity contribution in [2.45, 2.75) is 63.8 Å². The molecule has 1 heterocycles. The molecule has 1 rings (SSSR count). The maximum Gasteiger partial charge on any atom is 0.169 e. The van der Waals surface area contributed by atoms with Crippen LogP contribution in [0.5, 0.6) is 0 Å². The average molecular weight is 261 g/mol. The van der Waals surface area contributed by atoms with E-state index in [4.69, 9.17) is 14.7 Å². The van der Waals surface area contributed by atoms with Crippen molar-refractivity contribution < 1.29 is 19.8 Å². The van der Waals surface area contributed by atoms with E-state index in [0.29, 0.717) is 25.9 Å². The Bertz CT molecular complexity index is 260. The smallest absolute Gasteiger partial charge is 0.169 e. The van der Waals surface area contributed by atoms with Gasteiger partial charge in [0.1, 0.15) is 0 Å². The highest BCUT2D eigenvalue weighted by molar-refractivity contribution is 5.00. The molecule has 1 fully saturated rings. The number of hydrogen-bond acceptors (Lipinski definition) is 5. The van der Waals surface area contributed by atoms with Gasteiger partial charge in [-0.25, -0.2) is 0 Å². The second-order valence-corrected chi connectivity index (χ2v) is 6.33. The van der Waals surface area contributed by atoms with E-state index in [1.165, 1.54) is 0 Å². The summed E-state index contributed by atoms with van der Waals surface area (Å²) in [5.74, 6) is -1.16. The minimum absolute atomic E-state index is 0.0765. The van der Waals surface area contributed by atoms with Crippen LogP contribution in [0.2, 0.25) is 0 Å². The predicted octanol–water partition coefficient (Wildman–Crippen LogP) is 1.29. The molecular formula is C13H27NO4. The Kier molecular flexibility index (Phi) is 4.78. The molecule has 5 heteroatoms. The van der Waals surface area contributed by atoms with E-state index in [9.17, 15) is 5.11 Å². The molecule has 0 unspecified atom stereocenters. The van der Waals surface area contributed by atoms with Crippen LogP contribution in [0.15, 0.2) is 0 Å². The highest BCUT2D eigenvalue weighted by Gasteiger charge is 2.53. The zero-order chi connectivity index (χ0) is 14.0. The van der Waals surface area contributed by atoms with Crippen molar-refractivity contribution in [2.24, 2.45) is 0 Å². The Morgan fingerprint density at radius 2 is 1.61 bits per heavy atom. The third-order valence-corrected chi connectivity index (χ3v) is 3.37. The predicted molar refractivity (Wildman–Crippen MR) is 68.8 cm³/mol. The van der Waals surface area contributed by atoms with Crippen LogP contribution in [-0.2, 0) is 9.57 Å². The Labute approximate surface area is 110 Å². The zero-order valence-corrected chi connectivity index (χ0v) is 12.2. The largest absolute Gasteiger partial charge is 0.396 e. The molecular weight excluding hydrogens is 234 g/mol. The summed E-state index contributed by atoms with van der Waals surface area (Å²) in [6.45, 7) is 8.55. The molecule has 0 aromatic rings. The summed E-state index contributed by atoms with van der Waals surface area (Å²) < 4.78 is 5.59. The normalized spacial score (nSPS) is 26.2. The quantitative estimate of drug-likeness (QED) is 0.577. The van der Waals surface area contributed by atoms with Crippen molar-refractivity contribution in [1.82, 2.24) is 5.06 Å². The van der Waals surface area contributed by atoms with Gasteiger partial charge in [-0.1, -0.05) is 0 Å². The van der Waals surface area contributed by atoms with Crippen molar-refractivity contribution in [3.63, 3.8) is 0 Å². The Morgan fingerprint density at radius 3 is 2.00 bits per heavy atom. The highest BCUT2D eigenvalue weighted by atomic mass is 16.7. The number of piperidine rings is 1. The first-order valence-corrected chi connectivity index (χ1v) is 6.48. The summed E-state index contributed by atoms with van der Waals surface area (Å²) in [5.41, 5.74) is -0.630. The van der Waals surface area contributed by atoms with Crippen LogP contribution in [0.3, 0.4) is 0 Å². The average Bonchev–Trinajstić information content (AvgIpc) is 2.13. The number of hydroxylamine groups is 2. The van der Waals surface area contributed by atoms with Crippen LogP contribution in [0.25, 0.3) is 0 Å². The summed E-state index contributed by atoms with van der Waals surface area (Å²) in [4.78, 5) is 5.47. The summed E-state index contributed by atoms with van der Waals surface area (Å²) >= 11 is 0. The molecule has 0 amide bonds. The first kappa shape index (κ1) is 15.9. The Morgan fingerprint density at radius 1 is 1.11 bits per heavy atom. The standard InChI is InChI=1S/C13H27NO4/c1-11(2)9-13(16,18-8-6-7-15)10-12(3,4)14(11)17-5/h15-16H,6-10H2,1-5H3. The van der Waals surface area contributed by atoms with Crippen molar-refractivity contribution in [3.05, 3.63) is 0 Å². The molecule has 0 aromatic heterocycles. The van der Waals surface area contributed by atoms with Crippen molar-refractivity contribution >= 4 is 0 Å². The van der Waals surface area contributed by atoms with Gasteiger partial charge in [0.2, 0.25) is 0 Å². The van der Waals surface area contributed by atoms with Gasteiger partial charge in [0.05, 0.1) is 13.7 Å². The number of aliphatic hydroxyl groups excluding tert-OH is 1. The van der Waals surface area contributed by atoms with Crippen LogP contribution in [-0.4, -0.2) is 52.5 Å². The van der Waals surface area contributed by atoms with E-state index in [-0.39, 0.29) is 17.7 Å². The van der Waals surface area contributed by atoms with Crippen LogP contribution in [0.4, 0.5) is 0 Å². The van der Waals surface area contributed by atoms with Crippen LogP contribution < -0.4 is 0 Å². The van der Waals surface area contributed by atoms with Gasteiger partial charge in [-0.15, -0.1) is 0 Å². The lowest BCUT2D eigenvalue weighted by Crippen LogP contribution is -2.65. The molecule has 2 N–H and O–H groups in total. The lowest BCUT2D eigenvalue weighted by atomic mass is 9.78. The lowest BCUT2D eigenvalue weighted by molar-refractivity contribution is -0.339. The SMILES string of the molecule is CON1C(C)(C)CC(O)(OCCCO)CC1(C)C. The van der Waals surface area contributed by atoms with Gasteiger partial charge in [-0.2, -0.15) is 5.06 Å². The molecule has 0 bridgehead atoms. The number of aliphatic hydroxyl groups is 2. The maximum absolute atomic E-state index is 10.6. The molecule has 0 radical (unpaired) electrons. The Balaban J connectivity index is 2.81. The first-order valence-electron chi connectivity index (χ1n) is 6.48. The number of hydrogen-bond donors (Lipinski definition) is 2. The van der Waals surface area contributed by atoms with Crippen LogP contribution in [0.1, 0.15) is 47.0 Å². The fourth-order valence-electron chi connectivity index (χ4n) is 3.30. The number of ether oxygens (including phenoxy) is 1. The van der Waals surface area contributed by atoms with E-state index in [1.54, 1.807) is 7.11 Å². The van der Waals surface area contributed by atoms with Crippen molar-refractivity contribution in [3.8, 4) is 0 Å².